The molecular weight excluding hydrogens is 184 g/mol. The summed E-state index contributed by atoms with van der Waals surface area (Å²) in [4.78, 5) is 9.76. The van der Waals surface area contributed by atoms with Crippen LogP contribution >= 0.6 is 0 Å². The largest absolute Gasteiger partial charge is 0.481 e. The standard InChI is InChI=1S/C5H12O2.C5H10O2/c1-5(2,3)4(6)7;1-2-3-4-5(6)7/h4,6-7H,1-3H3;2-4H2,1H3,(H,6,7). The van der Waals surface area contributed by atoms with Gasteiger partial charge in [0.2, 0.25) is 0 Å². The van der Waals surface area contributed by atoms with Gasteiger partial charge in [-0.2, -0.15) is 0 Å². The third kappa shape index (κ3) is 13.9. The second kappa shape index (κ2) is 7.76. The molecule has 0 aromatic rings. The molecule has 0 atom stereocenters. The van der Waals surface area contributed by atoms with Crippen LogP contribution < -0.4 is 0 Å². The van der Waals surface area contributed by atoms with E-state index >= 15 is 0 Å². The van der Waals surface area contributed by atoms with Gasteiger partial charge in [0.25, 0.3) is 0 Å². The zero-order valence-electron chi connectivity index (χ0n) is 9.45. The van der Waals surface area contributed by atoms with Crippen molar-refractivity contribution in [2.75, 3.05) is 0 Å². The quantitative estimate of drug-likeness (QED) is 0.613. The summed E-state index contributed by atoms with van der Waals surface area (Å²) in [6, 6.07) is 0. The van der Waals surface area contributed by atoms with Crippen LogP contribution in [-0.2, 0) is 4.79 Å². The second-order valence-corrected chi connectivity index (χ2v) is 4.24. The lowest BCUT2D eigenvalue weighted by molar-refractivity contribution is -0.137. The summed E-state index contributed by atoms with van der Waals surface area (Å²) < 4.78 is 0. The average Bonchev–Trinajstić information content (AvgIpc) is 2.00. The van der Waals surface area contributed by atoms with Crippen molar-refractivity contribution in [1.82, 2.24) is 0 Å². The summed E-state index contributed by atoms with van der Waals surface area (Å²) in [7, 11) is 0. The summed E-state index contributed by atoms with van der Waals surface area (Å²) in [5, 5.41) is 24.9. The van der Waals surface area contributed by atoms with E-state index in [-0.39, 0.29) is 5.41 Å². The Morgan fingerprint density at radius 3 is 1.71 bits per heavy atom. The van der Waals surface area contributed by atoms with Crippen LogP contribution in [0.3, 0.4) is 0 Å². The van der Waals surface area contributed by atoms with Gasteiger partial charge in [-0.3, -0.25) is 4.79 Å². The summed E-state index contributed by atoms with van der Waals surface area (Å²) in [5.74, 6) is -0.693. The van der Waals surface area contributed by atoms with Crippen molar-refractivity contribution in [3.8, 4) is 0 Å². The summed E-state index contributed by atoms with van der Waals surface area (Å²) in [5.41, 5.74) is -0.389. The molecule has 3 N–H and O–H groups in total. The number of aliphatic hydroxyl groups is 2. The molecule has 4 nitrogen and oxygen atoms in total. The zero-order valence-corrected chi connectivity index (χ0v) is 9.45. The molecule has 0 aliphatic carbocycles. The van der Waals surface area contributed by atoms with Crippen LogP contribution in [0.25, 0.3) is 0 Å². The van der Waals surface area contributed by atoms with E-state index in [0.717, 1.165) is 12.8 Å². The number of carbonyl (C=O) groups is 1. The van der Waals surface area contributed by atoms with Crippen molar-refractivity contribution >= 4 is 5.97 Å². The van der Waals surface area contributed by atoms with Crippen molar-refractivity contribution in [2.45, 2.75) is 53.2 Å². The van der Waals surface area contributed by atoms with Crippen molar-refractivity contribution < 1.29 is 20.1 Å². The van der Waals surface area contributed by atoms with E-state index in [1.165, 1.54) is 0 Å². The molecule has 86 valence electrons. The Kier molecular flexibility index (Phi) is 8.79. The number of aliphatic carboxylic acids is 1. The predicted octanol–water partition coefficient (Wildman–Crippen LogP) is 1.60. The number of rotatable bonds is 3. The zero-order chi connectivity index (χ0) is 11.8. The molecule has 0 unspecified atom stereocenters. The highest BCUT2D eigenvalue weighted by molar-refractivity contribution is 5.66. The summed E-state index contributed by atoms with van der Waals surface area (Å²) >= 11 is 0. The first-order valence-electron chi connectivity index (χ1n) is 4.79. The fraction of sp³-hybridized carbons (Fsp3) is 0.900. The molecule has 0 radical (unpaired) electrons. The molecule has 0 amide bonds. The molecule has 0 aliphatic heterocycles. The Hall–Kier alpha value is -0.610. The smallest absolute Gasteiger partial charge is 0.303 e. The van der Waals surface area contributed by atoms with Crippen LogP contribution in [0.5, 0.6) is 0 Å². The van der Waals surface area contributed by atoms with Gasteiger partial charge in [0.15, 0.2) is 6.29 Å². The Balaban J connectivity index is 0. The molecule has 0 aromatic heterocycles. The number of hydrogen-bond donors (Lipinski definition) is 3. The normalized spacial score (nSPS) is 10.8. The Labute approximate surface area is 85.6 Å². The lowest BCUT2D eigenvalue weighted by Crippen LogP contribution is -2.24. The van der Waals surface area contributed by atoms with E-state index in [1.807, 2.05) is 6.92 Å². The third-order valence-electron chi connectivity index (χ3n) is 1.52. The molecule has 0 saturated carbocycles. The topological polar surface area (TPSA) is 77.8 Å². The minimum absolute atomic E-state index is 0.316. The first kappa shape index (κ1) is 15.8. The van der Waals surface area contributed by atoms with Gasteiger partial charge in [-0.1, -0.05) is 34.1 Å². The molecule has 0 rings (SSSR count). The summed E-state index contributed by atoms with van der Waals surface area (Å²) in [6.45, 7) is 7.26. The molecular formula is C10H22O4. The highest BCUT2D eigenvalue weighted by Crippen LogP contribution is 2.15. The monoisotopic (exact) mass is 206 g/mol. The van der Waals surface area contributed by atoms with E-state index in [1.54, 1.807) is 20.8 Å². The molecule has 0 heterocycles. The Morgan fingerprint density at radius 1 is 1.29 bits per heavy atom. The van der Waals surface area contributed by atoms with E-state index in [2.05, 4.69) is 0 Å². The predicted molar refractivity (Wildman–Crippen MR) is 54.8 cm³/mol. The lowest BCUT2D eigenvalue weighted by atomic mass is 9.96. The van der Waals surface area contributed by atoms with Crippen LogP contribution in [0.2, 0.25) is 0 Å². The molecule has 0 aliphatic rings. The Morgan fingerprint density at radius 2 is 1.64 bits per heavy atom. The van der Waals surface area contributed by atoms with Gasteiger partial charge in [0, 0.05) is 11.8 Å². The maximum Gasteiger partial charge on any atom is 0.303 e. The van der Waals surface area contributed by atoms with Crippen LogP contribution in [0.15, 0.2) is 0 Å². The molecule has 0 aromatic carbocycles. The first-order valence-corrected chi connectivity index (χ1v) is 4.79. The van der Waals surface area contributed by atoms with Crippen LogP contribution in [-0.4, -0.2) is 27.6 Å². The molecule has 0 fully saturated rings. The maximum absolute atomic E-state index is 9.76. The fourth-order valence-electron chi connectivity index (χ4n) is 0.328. The van der Waals surface area contributed by atoms with Crippen LogP contribution in [0, 0.1) is 5.41 Å². The fourth-order valence-corrected chi connectivity index (χ4v) is 0.328. The second-order valence-electron chi connectivity index (χ2n) is 4.24. The van der Waals surface area contributed by atoms with Crippen LogP contribution in [0.1, 0.15) is 47.0 Å². The highest BCUT2D eigenvalue weighted by Gasteiger charge is 2.18. The van der Waals surface area contributed by atoms with E-state index in [9.17, 15) is 4.79 Å². The molecule has 0 saturated heterocycles. The van der Waals surface area contributed by atoms with Gasteiger partial charge in [0.1, 0.15) is 0 Å². The molecule has 0 bridgehead atoms. The minimum atomic E-state index is -1.20. The van der Waals surface area contributed by atoms with Gasteiger partial charge >= 0.3 is 5.97 Å². The molecule has 14 heavy (non-hydrogen) atoms. The lowest BCUT2D eigenvalue weighted by Gasteiger charge is -2.19. The maximum atomic E-state index is 9.76. The van der Waals surface area contributed by atoms with Gasteiger partial charge in [-0.15, -0.1) is 0 Å². The SMILES string of the molecule is CC(C)(C)C(O)O.CCCCC(=O)O. The van der Waals surface area contributed by atoms with Gasteiger partial charge in [0.05, 0.1) is 0 Å². The number of unbranched alkanes of at least 4 members (excludes halogenated alkanes) is 1. The van der Waals surface area contributed by atoms with Crippen LogP contribution in [0.4, 0.5) is 0 Å². The number of aliphatic hydroxyl groups excluding tert-OH is 1. The summed E-state index contributed by atoms with van der Waals surface area (Å²) in [6.07, 6.45) is 0.880. The molecule has 4 heteroatoms. The van der Waals surface area contributed by atoms with Gasteiger partial charge < -0.3 is 15.3 Å². The van der Waals surface area contributed by atoms with E-state index < -0.39 is 12.3 Å². The van der Waals surface area contributed by atoms with Gasteiger partial charge in [-0.05, 0) is 6.42 Å². The van der Waals surface area contributed by atoms with Crippen molar-refractivity contribution in [1.29, 1.82) is 0 Å². The van der Waals surface area contributed by atoms with E-state index in [0.29, 0.717) is 6.42 Å². The first-order chi connectivity index (χ1) is 6.21. The minimum Gasteiger partial charge on any atom is -0.481 e. The van der Waals surface area contributed by atoms with Crippen molar-refractivity contribution in [2.24, 2.45) is 5.41 Å². The third-order valence-corrected chi connectivity index (χ3v) is 1.52. The number of hydrogen-bond acceptors (Lipinski definition) is 3. The Bertz CT molecular complexity index is 147. The highest BCUT2D eigenvalue weighted by atomic mass is 16.5. The van der Waals surface area contributed by atoms with Crippen molar-refractivity contribution in [3.05, 3.63) is 0 Å². The van der Waals surface area contributed by atoms with Crippen molar-refractivity contribution in [3.63, 3.8) is 0 Å². The average molecular weight is 206 g/mol. The van der Waals surface area contributed by atoms with Gasteiger partial charge in [-0.25, -0.2) is 0 Å². The van der Waals surface area contributed by atoms with E-state index in [4.69, 9.17) is 15.3 Å². The number of carboxylic acid groups (broad SMARTS) is 1. The number of carboxylic acids is 1. The molecule has 0 spiro atoms.